The molecule has 1 aliphatic rings. The van der Waals surface area contributed by atoms with E-state index in [1.165, 1.54) is 0 Å². The van der Waals surface area contributed by atoms with Crippen LogP contribution in [0.15, 0.2) is 4.42 Å². The lowest BCUT2D eigenvalue weighted by atomic mass is 9.87. The average Bonchev–Trinajstić information content (AvgIpc) is 2.74. The second-order valence-corrected chi connectivity index (χ2v) is 4.50. The zero-order chi connectivity index (χ0) is 14.2. The van der Waals surface area contributed by atoms with Gasteiger partial charge in [-0.1, -0.05) is 0 Å². The molecule has 1 N–H and O–H groups in total. The van der Waals surface area contributed by atoms with E-state index in [9.17, 15) is 22.4 Å². The summed E-state index contributed by atoms with van der Waals surface area (Å²) in [6, 6.07) is 0. The minimum absolute atomic E-state index is 0.0370. The first-order valence-electron chi connectivity index (χ1n) is 5.70. The number of aromatic carboxylic acids is 1. The molecule has 1 saturated carbocycles. The number of hydrogen-bond donors (Lipinski definition) is 1. The number of halogens is 4. The largest absolute Gasteiger partial charge is 0.475 e. The fourth-order valence-corrected chi connectivity index (χ4v) is 2.11. The quantitative estimate of drug-likeness (QED) is 0.860. The molecular weight excluding hydrogens is 270 g/mol. The Balaban J connectivity index is 2.22. The van der Waals surface area contributed by atoms with E-state index in [1.54, 1.807) is 0 Å². The van der Waals surface area contributed by atoms with Gasteiger partial charge >= 0.3 is 5.97 Å². The first-order valence-corrected chi connectivity index (χ1v) is 5.70. The van der Waals surface area contributed by atoms with Crippen LogP contribution < -0.4 is 0 Å². The van der Waals surface area contributed by atoms with E-state index in [4.69, 9.17) is 9.52 Å². The van der Waals surface area contributed by atoms with Gasteiger partial charge in [0.25, 0.3) is 6.43 Å². The normalized spacial score (nSPS) is 19.8. The van der Waals surface area contributed by atoms with Crippen LogP contribution >= 0.6 is 0 Å². The van der Waals surface area contributed by atoms with Crippen molar-refractivity contribution in [2.24, 2.45) is 0 Å². The van der Waals surface area contributed by atoms with Gasteiger partial charge in [0.15, 0.2) is 11.6 Å². The van der Waals surface area contributed by atoms with Crippen LogP contribution in [0, 0.1) is 0 Å². The Morgan fingerprint density at radius 3 is 2.37 bits per heavy atom. The zero-order valence-corrected chi connectivity index (χ0v) is 9.71. The van der Waals surface area contributed by atoms with Crippen molar-refractivity contribution in [3.05, 3.63) is 17.3 Å². The molecule has 0 aromatic carbocycles. The molecule has 0 spiro atoms. The summed E-state index contributed by atoms with van der Waals surface area (Å²) >= 11 is 0. The number of carboxylic acids is 1. The van der Waals surface area contributed by atoms with Gasteiger partial charge < -0.3 is 9.52 Å². The maximum absolute atomic E-state index is 13.0. The van der Waals surface area contributed by atoms with E-state index in [1.807, 2.05) is 0 Å². The summed E-state index contributed by atoms with van der Waals surface area (Å²) in [6.45, 7) is 0. The summed E-state index contributed by atoms with van der Waals surface area (Å²) in [4.78, 5) is 14.2. The molecular formula is C11H11F4NO3. The third-order valence-corrected chi connectivity index (χ3v) is 3.14. The molecule has 8 heteroatoms. The highest BCUT2D eigenvalue weighted by Crippen LogP contribution is 2.41. The van der Waals surface area contributed by atoms with Gasteiger partial charge in [-0.25, -0.2) is 27.3 Å². The first kappa shape index (κ1) is 13.8. The minimum atomic E-state index is -3.08. The van der Waals surface area contributed by atoms with E-state index in [0.717, 1.165) is 0 Å². The summed E-state index contributed by atoms with van der Waals surface area (Å²) < 4.78 is 55.9. The standard InChI is InChI=1S/C11H11F4NO3/c12-8(13)6-7(10(17)18)19-9(16-6)5-1-3-11(14,15)4-2-5/h5,8H,1-4H2,(H,17,18). The molecule has 1 heterocycles. The number of aromatic nitrogens is 1. The molecule has 1 fully saturated rings. The number of rotatable bonds is 3. The molecule has 4 nitrogen and oxygen atoms in total. The SMILES string of the molecule is O=C(O)c1oc(C2CCC(F)(F)CC2)nc1C(F)F. The van der Waals surface area contributed by atoms with Gasteiger partial charge in [-0.05, 0) is 12.8 Å². The smallest absolute Gasteiger partial charge is 0.374 e. The van der Waals surface area contributed by atoms with Crippen LogP contribution in [0.3, 0.4) is 0 Å². The summed E-state index contributed by atoms with van der Waals surface area (Å²) in [5, 5.41) is 8.72. The third-order valence-electron chi connectivity index (χ3n) is 3.14. The first-order chi connectivity index (χ1) is 8.80. The van der Waals surface area contributed by atoms with Crippen LogP contribution in [0.1, 0.15) is 60.2 Å². The van der Waals surface area contributed by atoms with E-state index < -0.39 is 35.7 Å². The molecule has 0 aliphatic heterocycles. The van der Waals surface area contributed by atoms with Crippen molar-refractivity contribution < 1.29 is 31.9 Å². The van der Waals surface area contributed by atoms with Crippen LogP contribution in [0.2, 0.25) is 0 Å². The van der Waals surface area contributed by atoms with Crippen LogP contribution in [0.25, 0.3) is 0 Å². The molecule has 19 heavy (non-hydrogen) atoms. The Hall–Kier alpha value is -1.60. The van der Waals surface area contributed by atoms with Gasteiger partial charge in [0, 0.05) is 18.8 Å². The predicted octanol–water partition coefficient (Wildman–Crippen LogP) is 3.60. The van der Waals surface area contributed by atoms with Crippen molar-refractivity contribution >= 4 is 5.97 Å². The molecule has 106 valence electrons. The molecule has 1 aliphatic carbocycles. The molecule has 1 aromatic rings. The van der Waals surface area contributed by atoms with E-state index >= 15 is 0 Å². The maximum atomic E-state index is 13.0. The number of oxazole rings is 1. The van der Waals surface area contributed by atoms with E-state index in [-0.39, 0.29) is 31.6 Å². The Morgan fingerprint density at radius 2 is 1.95 bits per heavy atom. The van der Waals surface area contributed by atoms with Gasteiger partial charge in [-0.15, -0.1) is 0 Å². The lowest BCUT2D eigenvalue weighted by Gasteiger charge is -2.26. The highest BCUT2D eigenvalue weighted by Gasteiger charge is 2.38. The molecule has 0 unspecified atom stereocenters. The monoisotopic (exact) mass is 281 g/mol. The Morgan fingerprint density at radius 1 is 1.37 bits per heavy atom. The highest BCUT2D eigenvalue weighted by atomic mass is 19.3. The Labute approximate surface area is 105 Å². The molecule has 0 amide bonds. The Kier molecular flexibility index (Phi) is 3.51. The Bertz CT molecular complexity index is 476. The summed E-state index contributed by atoms with van der Waals surface area (Å²) in [7, 11) is 0. The summed E-state index contributed by atoms with van der Waals surface area (Å²) in [5.41, 5.74) is -0.945. The van der Waals surface area contributed by atoms with Crippen LogP contribution in [0.4, 0.5) is 17.6 Å². The topological polar surface area (TPSA) is 63.3 Å². The summed E-state index contributed by atoms with van der Waals surface area (Å²) in [6.07, 6.45) is -3.77. The average molecular weight is 281 g/mol. The predicted molar refractivity (Wildman–Crippen MR) is 54.6 cm³/mol. The lowest BCUT2D eigenvalue weighted by molar-refractivity contribution is -0.0400. The van der Waals surface area contributed by atoms with Crippen molar-refractivity contribution in [1.82, 2.24) is 4.98 Å². The van der Waals surface area contributed by atoms with Gasteiger partial charge in [0.05, 0.1) is 0 Å². The van der Waals surface area contributed by atoms with Gasteiger partial charge in [0.2, 0.25) is 11.7 Å². The van der Waals surface area contributed by atoms with Crippen molar-refractivity contribution in [1.29, 1.82) is 0 Å². The fraction of sp³-hybridized carbons (Fsp3) is 0.636. The number of carboxylic acid groups (broad SMARTS) is 1. The maximum Gasteiger partial charge on any atom is 0.374 e. The molecule has 1 aromatic heterocycles. The van der Waals surface area contributed by atoms with Crippen molar-refractivity contribution in [2.45, 2.75) is 43.9 Å². The van der Waals surface area contributed by atoms with Crippen molar-refractivity contribution in [2.75, 3.05) is 0 Å². The lowest BCUT2D eigenvalue weighted by Crippen LogP contribution is -2.23. The van der Waals surface area contributed by atoms with Crippen LogP contribution in [-0.4, -0.2) is 22.0 Å². The molecule has 0 radical (unpaired) electrons. The van der Waals surface area contributed by atoms with Gasteiger partial charge in [-0.3, -0.25) is 0 Å². The zero-order valence-electron chi connectivity index (χ0n) is 9.71. The van der Waals surface area contributed by atoms with Crippen molar-refractivity contribution in [3.63, 3.8) is 0 Å². The third kappa shape index (κ3) is 2.87. The highest BCUT2D eigenvalue weighted by molar-refractivity contribution is 5.85. The van der Waals surface area contributed by atoms with Crippen LogP contribution in [0.5, 0.6) is 0 Å². The summed E-state index contributed by atoms with van der Waals surface area (Å²) in [5.74, 6) is -6.05. The fourth-order valence-electron chi connectivity index (χ4n) is 2.11. The number of hydrogen-bond acceptors (Lipinski definition) is 3. The molecule has 2 rings (SSSR count). The van der Waals surface area contributed by atoms with E-state index in [2.05, 4.69) is 4.98 Å². The van der Waals surface area contributed by atoms with E-state index in [0.29, 0.717) is 0 Å². The molecule has 0 bridgehead atoms. The van der Waals surface area contributed by atoms with Gasteiger partial charge in [-0.2, -0.15) is 0 Å². The minimum Gasteiger partial charge on any atom is -0.475 e. The second-order valence-electron chi connectivity index (χ2n) is 4.50. The number of alkyl halides is 4. The number of carbonyl (C=O) groups is 1. The number of nitrogens with zero attached hydrogens (tertiary/aromatic N) is 1. The van der Waals surface area contributed by atoms with Crippen LogP contribution in [-0.2, 0) is 0 Å². The second kappa shape index (κ2) is 4.82. The molecule has 0 saturated heterocycles. The van der Waals surface area contributed by atoms with Gasteiger partial charge in [0.1, 0.15) is 0 Å². The van der Waals surface area contributed by atoms with Crippen molar-refractivity contribution in [3.8, 4) is 0 Å². The molecule has 0 atom stereocenters.